The molecule has 0 saturated carbocycles. The monoisotopic (exact) mass is 607 g/mol. The predicted molar refractivity (Wildman–Crippen MR) is 181 cm³/mol. The molecule has 0 aromatic carbocycles. The normalized spacial score (nSPS) is 12.7. The molecule has 2 N–H and O–H groups in total. The van der Waals surface area contributed by atoms with E-state index in [0.29, 0.717) is 50.3 Å². The molecule has 0 bridgehead atoms. The van der Waals surface area contributed by atoms with Crippen LogP contribution in [-0.4, -0.2) is 36.5 Å². The van der Waals surface area contributed by atoms with E-state index in [4.69, 9.17) is 0 Å². The van der Waals surface area contributed by atoms with Crippen molar-refractivity contribution in [2.45, 2.75) is 178 Å². The molecule has 6 heteroatoms. The number of nitrogens with one attached hydrogen (secondary N) is 2. The van der Waals surface area contributed by atoms with Gasteiger partial charge in [0.2, 0.25) is 11.8 Å². The van der Waals surface area contributed by atoms with Crippen molar-refractivity contribution in [3.63, 3.8) is 0 Å². The highest BCUT2D eigenvalue weighted by Crippen LogP contribution is 2.37. The van der Waals surface area contributed by atoms with Crippen LogP contribution < -0.4 is 10.6 Å². The minimum atomic E-state index is -0.256. The van der Waals surface area contributed by atoms with Gasteiger partial charge >= 0.3 is 0 Å². The largest absolute Gasteiger partial charge is 0.356 e. The fourth-order valence-corrected chi connectivity index (χ4v) is 5.00. The quantitative estimate of drug-likeness (QED) is 0.107. The fraction of sp³-hybridized carbons (Fsp3) is 0.892. The molecular weight excluding hydrogens is 536 g/mol. The minimum Gasteiger partial charge on any atom is -0.356 e. The van der Waals surface area contributed by atoms with Crippen molar-refractivity contribution in [2.75, 3.05) is 13.1 Å². The number of amides is 2. The standard InChI is InChI=1S/C37H70N2O4/c1-34(2,3)30(40)20-14-12-18-28-38-32(42)22-16-11-17-24-36(7,8)26-27-37(9,10)25-23-33(43)39-29-19-13-15-21-31(41)35(4,5)6/h11-29H2,1-10H3,(H,38,42)(H,39,43). The van der Waals surface area contributed by atoms with E-state index in [1.54, 1.807) is 0 Å². The van der Waals surface area contributed by atoms with Crippen LogP contribution >= 0.6 is 0 Å². The molecule has 0 saturated heterocycles. The van der Waals surface area contributed by atoms with E-state index in [-0.39, 0.29) is 33.5 Å². The lowest BCUT2D eigenvalue weighted by Gasteiger charge is -2.31. The molecule has 252 valence electrons. The lowest BCUT2D eigenvalue weighted by molar-refractivity contribution is -0.127. The molecule has 0 aliphatic carbocycles. The van der Waals surface area contributed by atoms with Crippen molar-refractivity contribution in [1.29, 1.82) is 0 Å². The molecule has 0 heterocycles. The predicted octanol–water partition coefficient (Wildman–Crippen LogP) is 9.13. The van der Waals surface area contributed by atoms with Crippen molar-refractivity contribution >= 4 is 23.4 Å². The summed E-state index contributed by atoms with van der Waals surface area (Å²) in [4.78, 5) is 48.5. The second-order valence-electron chi connectivity index (χ2n) is 16.6. The summed E-state index contributed by atoms with van der Waals surface area (Å²) in [7, 11) is 0. The zero-order chi connectivity index (χ0) is 33.2. The lowest BCUT2D eigenvalue weighted by Crippen LogP contribution is -2.26. The molecule has 0 aliphatic heterocycles. The molecular formula is C37H70N2O4. The van der Waals surface area contributed by atoms with Crippen LogP contribution in [0.15, 0.2) is 0 Å². The maximum absolute atomic E-state index is 12.4. The SMILES string of the molecule is CC(C)(CCCCCC(=O)NCCCCCC(=O)C(C)(C)C)CCC(C)(C)CCC(=O)NCCCCCC(=O)C(C)(C)C. The van der Waals surface area contributed by atoms with Gasteiger partial charge in [-0.2, -0.15) is 0 Å². The Morgan fingerprint density at radius 2 is 0.767 bits per heavy atom. The van der Waals surface area contributed by atoms with Gasteiger partial charge in [-0.1, -0.05) is 94.9 Å². The minimum absolute atomic E-state index is 0.127. The highest BCUT2D eigenvalue weighted by atomic mass is 16.2. The summed E-state index contributed by atoms with van der Waals surface area (Å²) in [6.07, 6.45) is 15.4. The maximum Gasteiger partial charge on any atom is 0.220 e. The second-order valence-corrected chi connectivity index (χ2v) is 16.6. The van der Waals surface area contributed by atoms with Gasteiger partial charge in [0.15, 0.2) is 0 Å². The summed E-state index contributed by atoms with van der Waals surface area (Å²) in [5.41, 5.74) is -0.128. The van der Waals surface area contributed by atoms with Crippen LogP contribution in [0.4, 0.5) is 0 Å². The molecule has 0 aromatic rings. The third kappa shape index (κ3) is 23.3. The van der Waals surface area contributed by atoms with Crippen LogP contribution in [0.1, 0.15) is 178 Å². The van der Waals surface area contributed by atoms with Crippen LogP contribution in [0.3, 0.4) is 0 Å². The topological polar surface area (TPSA) is 92.3 Å². The Bertz CT molecular complexity index is 831. The van der Waals surface area contributed by atoms with E-state index < -0.39 is 0 Å². The van der Waals surface area contributed by atoms with E-state index in [2.05, 4.69) is 38.3 Å². The van der Waals surface area contributed by atoms with Gasteiger partial charge in [0.1, 0.15) is 11.6 Å². The van der Waals surface area contributed by atoms with Gasteiger partial charge in [0, 0.05) is 49.6 Å². The highest BCUT2D eigenvalue weighted by Gasteiger charge is 2.25. The van der Waals surface area contributed by atoms with Gasteiger partial charge in [-0.25, -0.2) is 0 Å². The van der Waals surface area contributed by atoms with Crippen molar-refractivity contribution in [3.8, 4) is 0 Å². The number of hydrogen-bond acceptors (Lipinski definition) is 4. The molecule has 0 aliphatic rings. The third-order valence-electron chi connectivity index (χ3n) is 8.74. The first-order chi connectivity index (χ1) is 19.8. The average molecular weight is 607 g/mol. The number of hydrogen-bond donors (Lipinski definition) is 2. The first-order valence-electron chi connectivity index (χ1n) is 17.4. The Hall–Kier alpha value is -1.72. The smallest absolute Gasteiger partial charge is 0.220 e. The third-order valence-corrected chi connectivity index (χ3v) is 8.74. The van der Waals surface area contributed by atoms with Gasteiger partial charge in [0.25, 0.3) is 0 Å². The molecule has 0 radical (unpaired) electrons. The van der Waals surface area contributed by atoms with Gasteiger partial charge < -0.3 is 10.6 Å². The van der Waals surface area contributed by atoms with E-state index in [0.717, 1.165) is 83.5 Å². The number of ketones is 2. The first-order valence-corrected chi connectivity index (χ1v) is 17.4. The van der Waals surface area contributed by atoms with Crippen molar-refractivity contribution in [3.05, 3.63) is 0 Å². The van der Waals surface area contributed by atoms with Gasteiger partial charge in [-0.3, -0.25) is 19.2 Å². The van der Waals surface area contributed by atoms with Crippen LogP contribution in [0, 0.1) is 21.7 Å². The molecule has 0 rings (SSSR count). The maximum atomic E-state index is 12.4. The molecule has 0 fully saturated rings. The zero-order valence-electron chi connectivity index (χ0n) is 30.1. The van der Waals surface area contributed by atoms with Gasteiger partial charge in [-0.05, 0) is 68.6 Å². The molecule has 0 aromatic heterocycles. The van der Waals surface area contributed by atoms with Crippen molar-refractivity contribution in [2.24, 2.45) is 21.7 Å². The molecule has 43 heavy (non-hydrogen) atoms. The number of Topliss-reactive ketones (excluding diaryl/α,β-unsaturated/α-hetero) is 2. The van der Waals surface area contributed by atoms with E-state index in [1.165, 1.54) is 0 Å². The average Bonchev–Trinajstić information content (AvgIpc) is 2.88. The van der Waals surface area contributed by atoms with Crippen molar-refractivity contribution in [1.82, 2.24) is 10.6 Å². The summed E-state index contributed by atoms with van der Waals surface area (Å²) in [6, 6.07) is 0. The van der Waals surface area contributed by atoms with Crippen LogP contribution in [0.5, 0.6) is 0 Å². The van der Waals surface area contributed by atoms with Crippen LogP contribution in [0.25, 0.3) is 0 Å². The van der Waals surface area contributed by atoms with Crippen LogP contribution in [-0.2, 0) is 19.2 Å². The fourth-order valence-electron chi connectivity index (χ4n) is 5.00. The number of unbranched alkanes of at least 4 members (excludes halogenated alkanes) is 6. The van der Waals surface area contributed by atoms with Gasteiger partial charge in [0.05, 0.1) is 0 Å². The Balaban J connectivity index is 3.93. The van der Waals surface area contributed by atoms with Gasteiger partial charge in [-0.15, -0.1) is 0 Å². The molecule has 6 nitrogen and oxygen atoms in total. The Kier molecular flexibility index (Phi) is 19.5. The summed E-state index contributed by atoms with van der Waals surface area (Å²) >= 11 is 0. The Morgan fingerprint density at radius 1 is 0.395 bits per heavy atom. The van der Waals surface area contributed by atoms with E-state index >= 15 is 0 Å². The number of carbonyl (C=O) groups is 4. The summed E-state index contributed by atoms with van der Waals surface area (Å²) in [6.45, 7) is 22.4. The number of rotatable bonds is 24. The first kappa shape index (κ1) is 41.3. The summed E-state index contributed by atoms with van der Waals surface area (Å²) in [5.74, 6) is 0.902. The van der Waals surface area contributed by atoms with E-state index in [1.807, 2.05) is 41.5 Å². The molecule has 0 unspecified atom stereocenters. The van der Waals surface area contributed by atoms with Crippen LogP contribution in [0.2, 0.25) is 0 Å². The molecule has 0 atom stereocenters. The molecule has 0 spiro atoms. The highest BCUT2D eigenvalue weighted by molar-refractivity contribution is 5.84. The zero-order valence-corrected chi connectivity index (χ0v) is 30.1. The van der Waals surface area contributed by atoms with Crippen molar-refractivity contribution < 1.29 is 19.2 Å². The summed E-state index contributed by atoms with van der Waals surface area (Å²) in [5, 5.41) is 6.09. The summed E-state index contributed by atoms with van der Waals surface area (Å²) < 4.78 is 0. The number of carbonyl (C=O) groups excluding carboxylic acids is 4. The van der Waals surface area contributed by atoms with E-state index in [9.17, 15) is 19.2 Å². The Labute approximate surface area is 266 Å². The Morgan fingerprint density at radius 3 is 1.21 bits per heavy atom. The lowest BCUT2D eigenvalue weighted by atomic mass is 9.75. The second kappa shape index (κ2) is 20.3. The molecule has 2 amide bonds.